The van der Waals surface area contributed by atoms with Crippen LogP contribution in [0.3, 0.4) is 0 Å². The third-order valence-corrected chi connectivity index (χ3v) is 5.08. The van der Waals surface area contributed by atoms with Gasteiger partial charge in [-0.15, -0.1) is 0 Å². The van der Waals surface area contributed by atoms with Crippen LogP contribution < -0.4 is 5.32 Å². The van der Waals surface area contributed by atoms with E-state index in [4.69, 9.17) is 0 Å². The fourth-order valence-corrected chi connectivity index (χ4v) is 3.67. The Bertz CT molecular complexity index is 459. The topological polar surface area (TPSA) is 38.7 Å². The van der Waals surface area contributed by atoms with Gasteiger partial charge in [0, 0.05) is 32.2 Å². The smallest absolute Gasteiger partial charge is 0.0909 e. The van der Waals surface area contributed by atoms with Crippen LogP contribution in [0.4, 0.5) is 0 Å². The molecular weight excluding hydrogens is 274 g/mol. The van der Waals surface area contributed by atoms with Crippen LogP contribution in [0.2, 0.25) is 0 Å². The van der Waals surface area contributed by atoms with Gasteiger partial charge in [-0.2, -0.15) is 0 Å². The number of nitrogens with zero attached hydrogens (tertiary/aromatic N) is 2. The van der Waals surface area contributed by atoms with E-state index in [9.17, 15) is 5.11 Å². The van der Waals surface area contributed by atoms with E-state index in [2.05, 4.69) is 52.5 Å². The van der Waals surface area contributed by atoms with Crippen molar-refractivity contribution in [1.29, 1.82) is 0 Å². The van der Waals surface area contributed by atoms with E-state index >= 15 is 0 Å². The van der Waals surface area contributed by atoms with Gasteiger partial charge in [-0.3, -0.25) is 4.90 Å². The monoisotopic (exact) mass is 303 g/mol. The zero-order valence-electron chi connectivity index (χ0n) is 13.7. The lowest BCUT2D eigenvalue weighted by Crippen LogP contribution is -2.49. The molecule has 0 bridgehead atoms. The molecule has 22 heavy (non-hydrogen) atoms. The molecular formula is C18H29N3O. The predicted octanol–water partition coefficient (Wildman–Crippen LogP) is 1.31. The van der Waals surface area contributed by atoms with Crippen LogP contribution in [-0.4, -0.2) is 66.3 Å². The molecule has 4 heteroatoms. The summed E-state index contributed by atoms with van der Waals surface area (Å²) in [6.45, 7) is 5.89. The summed E-state index contributed by atoms with van der Waals surface area (Å²) in [5, 5.41) is 14.1. The summed E-state index contributed by atoms with van der Waals surface area (Å²) in [6, 6.07) is 11.3. The minimum Gasteiger partial charge on any atom is -0.387 e. The highest BCUT2D eigenvalue weighted by atomic mass is 16.3. The Morgan fingerprint density at radius 2 is 1.91 bits per heavy atom. The van der Waals surface area contributed by atoms with Crippen LogP contribution in [-0.2, 0) is 6.54 Å². The third-order valence-electron chi connectivity index (χ3n) is 5.08. The van der Waals surface area contributed by atoms with Gasteiger partial charge < -0.3 is 15.3 Å². The molecule has 2 heterocycles. The first kappa shape index (κ1) is 15.9. The van der Waals surface area contributed by atoms with Crippen LogP contribution in [0, 0.1) is 0 Å². The van der Waals surface area contributed by atoms with Gasteiger partial charge in [0.05, 0.1) is 5.60 Å². The first-order valence-corrected chi connectivity index (χ1v) is 8.54. The maximum atomic E-state index is 10.5. The third kappa shape index (κ3) is 4.29. The summed E-state index contributed by atoms with van der Waals surface area (Å²) in [5.74, 6) is 0. The Balaban J connectivity index is 1.39. The van der Waals surface area contributed by atoms with Crippen molar-refractivity contribution in [3.05, 3.63) is 35.9 Å². The maximum absolute atomic E-state index is 10.5. The first-order chi connectivity index (χ1) is 10.6. The summed E-state index contributed by atoms with van der Waals surface area (Å²) in [7, 11) is 2.08. The molecule has 2 N–H and O–H groups in total. The molecule has 0 radical (unpaired) electrons. The Morgan fingerprint density at radius 1 is 1.18 bits per heavy atom. The molecule has 4 nitrogen and oxygen atoms in total. The molecule has 0 aromatic heterocycles. The van der Waals surface area contributed by atoms with E-state index in [1.165, 1.54) is 18.4 Å². The summed E-state index contributed by atoms with van der Waals surface area (Å²) < 4.78 is 0. The van der Waals surface area contributed by atoms with Gasteiger partial charge in [0.2, 0.25) is 0 Å². The van der Waals surface area contributed by atoms with Crippen LogP contribution in [0.5, 0.6) is 0 Å². The second kappa shape index (κ2) is 7.09. The van der Waals surface area contributed by atoms with Gasteiger partial charge in [-0.25, -0.2) is 0 Å². The number of likely N-dealkylation sites (N-methyl/N-ethyl adjacent to an activating group) is 1. The molecule has 2 fully saturated rings. The van der Waals surface area contributed by atoms with Crippen molar-refractivity contribution in [3.63, 3.8) is 0 Å². The minimum absolute atomic E-state index is 0.518. The van der Waals surface area contributed by atoms with Gasteiger partial charge in [0.15, 0.2) is 0 Å². The van der Waals surface area contributed by atoms with E-state index < -0.39 is 5.60 Å². The number of rotatable bonds is 5. The summed E-state index contributed by atoms with van der Waals surface area (Å²) in [5.41, 5.74) is 0.882. The quantitative estimate of drug-likeness (QED) is 0.860. The molecule has 2 aliphatic heterocycles. The first-order valence-electron chi connectivity index (χ1n) is 8.54. The predicted molar refractivity (Wildman–Crippen MR) is 89.8 cm³/mol. The second-order valence-electron chi connectivity index (χ2n) is 7.13. The van der Waals surface area contributed by atoms with Gasteiger partial charge >= 0.3 is 0 Å². The molecule has 0 spiro atoms. The van der Waals surface area contributed by atoms with Crippen LogP contribution in [0.25, 0.3) is 0 Å². The minimum atomic E-state index is -0.518. The number of hydrogen-bond acceptors (Lipinski definition) is 4. The molecule has 0 aliphatic carbocycles. The number of hydrogen-bond donors (Lipinski definition) is 2. The number of β-amino-alcohol motifs (C(OH)–C–C–N with tert-alkyl or cyclic N) is 1. The van der Waals surface area contributed by atoms with Gasteiger partial charge in [0.1, 0.15) is 0 Å². The number of piperidine rings is 1. The molecule has 122 valence electrons. The standard InChI is InChI=1S/C18H29N3O/c1-20-12-9-18(22,15-20)14-19-17-7-10-21(11-8-17)13-16-5-3-2-4-6-16/h2-6,17,19,22H,7-15H2,1H3/t18-/m1/s1. The zero-order valence-corrected chi connectivity index (χ0v) is 13.7. The second-order valence-corrected chi connectivity index (χ2v) is 7.13. The largest absolute Gasteiger partial charge is 0.387 e. The number of likely N-dealkylation sites (tertiary alicyclic amines) is 2. The van der Waals surface area contributed by atoms with Crippen molar-refractivity contribution in [2.45, 2.75) is 37.5 Å². The SMILES string of the molecule is CN1CC[C@@](O)(CNC2CCN(Cc3ccccc3)CC2)C1. The molecule has 1 atom stereocenters. The van der Waals surface area contributed by atoms with Gasteiger partial charge in [0.25, 0.3) is 0 Å². The normalized spacial score (nSPS) is 28.3. The van der Waals surface area contributed by atoms with Crippen LogP contribution in [0.15, 0.2) is 30.3 Å². The van der Waals surface area contributed by atoms with E-state index in [0.717, 1.165) is 45.7 Å². The Kier molecular flexibility index (Phi) is 5.14. The lowest BCUT2D eigenvalue weighted by Gasteiger charge is -2.34. The van der Waals surface area contributed by atoms with Gasteiger partial charge in [-0.1, -0.05) is 30.3 Å². The Hall–Kier alpha value is -0.940. The molecule has 3 rings (SSSR count). The van der Waals surface area contributed by atoms with Crippen LogP contribution >= 0.6 is 0 Å². The molecule has 2 aliphatic rings. The maximum Gasteiger partial charge on any atom is 0.0909 e. The van der Waals surface area contributed by atoms with E-state index in [0.29, 0.717) is 6.04 Å². The van der Waals surface area contributed by atoms with Crippen molar-refractivity contribution >= 4 is 0 Å². The molecule has 1 aromatic carbocycles. The number of benzene rings is 1. The van der Waals surface area contributed by atoms with E-state index in [1.54, 1.807) is 0 Å². The average molecular weight is 303 g/mol. The highest BCUT2D eigenvalue weighted by Gasteiger charge is 2.34. The highest BCUT2D eigenvalue weighted by Crippen LogP contribution is 2.20. The van der Waals surface area contributed by atoms with E-state index in [-0.39, 0.29) is 0 Å². The Labute approximate surface area is 134 Å². The summed E-state index contributed by atoms with van der Waals surface area (Å²) in [4.78, 5) is 4.75. The molecule has 2 saturated heterocycles. The van der Waals surface area contributed by atoms with Crippen molar-refractivity contribution in [1.82, 2.24) is 15.1 Å². The fraction of sp³-hybridized carbons (Fsp3) is 0.667. The van der Waals surface area contributed by atoms with Crippen molar-refractivity contribution < 1.29 is 5.11 Å². The summed E-state index contributed by atoms with van der Waals surface area (Å²) in [6.07, 6.45) is 3.25. The van der Waals surface area contributed by atoms with Gasteiger partial charge in [-0.05, 0) is 45.0 Å². The number of aliphatic hydroxyl groups is 1. The van der Waals surface area contributed by atoms with Crippen molar-refractivity contribution in [3.8, 4) is 0 Å². The lowest BCUT2D eigenvalue weighted by molar-refractivity contribution is 0.0455. The fourth-order valence-electron chi connectivity index (χ4n) is 3.67. The van der Waals surface area contributed by atoms with Crippen molar-refractivity contribution in [2.75, 3.05) is 39.8 Å². The number of nitrogens with one attached hydrogen (secondary N) is 1. The van der Waals surface area contributed by atoms with E-state index in [1.807, 2.05) is 0 Å². The zero-order chi connectivity index (χ0) is 15.4. The molecule has 1 aromatic rings. The van der Waals surface area contributed by atoms with Crippen molar-refractivity contribution in [2.24, 2.45) is 0 Å². The molecule has 0 saturated carbocycles. The Morgan fingerprint density at radius 3 is 2.55 bits per heavy atom. The highest BCUT2D eigenvalue weighted by molar-refractivity contribution is 5.14. The molecule has 0 unspecified atom stereocenters. The summed E-state index contributed by atoms with van der Waals surface area (Å²) >= 11 is 0. The molecule has 0 amide bonds. The average Bonchev–Trinajstić information content (AvgIpc) is 2.88. The van der Waals surface area contributed by atoms with Crippen LogP contribution in [0.1, 0.15) is 24.8 Å². The lowest BCUT2D eigenvalue weighted by atomic mass is 10.00.